The Bertz CT molecular complexity index is 1270. The summed E-state index contributed by atoms with van der Waals surface area (Å²) < 4.78 is 15.4. The topological polar surface area (TPSA) is 30.0 Å². The van der Waals surface area contributed by atoms with Gasteiger partial charge in [0.25, 0.3) is 0 Å². The van der Waals surface area contributed by atoms with E-state index < -0.39 is 19.5 Å². The first-order valence-electron chi connectivity index (χ1n) is 9.49. The predicted octanol–water partition coefficient (Wildman–Crippen LogP) is 4.72. The van der Waals surface area contributed by atoms with Crippen LogP contribution in [0.5, 0.6) is 0 Å². The minimum absolute atomic E-state index is 0.00733. The van der Waals surface area contributed by atoms with Crippen LogP contribution >= 0.6 is 0 Å². The molecule has 0 unspecified atom stereocenters. The van der Waals surface area contributed by atoms with E-state index in [1.54, 1.807) is 0 Å². The summed E-state index contributed by atoms with van der Waals surface area (Å²) in [6.45, 7) is 6.72. The summed E-state index contributed by atoms with van der Waals surface area (Å²) in [5, 5.41) is 2.47. The van der Waals surface area contributed by atoms with Gasteiger partial charge in [0, 0.05) is 0 Å². The number of hydrogen-bond acceptors (Lipinski definition) is 2. The second kappa shape index (κ2) is 6.34. The van der Waals surface area contributed by atoms with Crippen molar-refractivity contribution in [3.63, 3.8) is 0 Å². The SMILES string of the molecule is CC(C)(C)c1cc(-c2nccc3c2[Te](=O)c2ccccc2-3)cc2ccccc12. The molecule has 4 aromatic rings. The van der Waals surface area contributed by atoms with Crippen LogP contribution in [0.4, 0.5) is 0 Å². The molecule has 3 heteroatoms. The summed E-state index contributed by atoms with van der Waals surface area (Å²) in [4.78, 5) is 4.73. The summed E-state index contributed by atoms with van der Waals surface area (Å²) in [6.07, 6.45) is 1.86. The van der Waals surface area contributed by atoms with Gasteiger partial charge < -0.3 is 0 Å². The van der Waals surface area contributed by atoms with Crippen LogP contribution in [0, 0.1) is 0 Å². The van der Waals surface area contributed by atoms with Crippen LogP contribution in [0.2, 0.25) is 0 Å². The van der Waals surface area contributed by atoms with Crippen molar-refractivity contribution in [2.24, 2.45) is 0 Å². The maximum absolute atomic E-state index is 13.4. The van der Waals surface area contributed by atoms with Crippen LogP contribution in [0.25, 0.3) is 33.2 Å². The van der Waals surface area contributed by atoms with Gasteiger partial charge in [0.1, 0.15) is 0 Å². The quantitative estimate of drug-likeness (QED) is 0.326. The first-order valence-corrected chi connectivity index (χ1v) is 12.8. The molecular weight excluding hydrogens is 458 g/mol. The van der Waals surface area contributed by atoms with E-state index in [4.69, 9.17) is 4.98 Å². The van der Waals surface area contributed by atoms with Crippen molar-refractivity contribution < 1.29 is 3.10 Å². The third kappa shape index (κ3) is 2.65. The summed E-state index contributed by atoms with van der Waals surface area (Å²) in [5.41, 5.74) is 5.46. The number of rotatable bonds is 1. The molecule has 0 fully saturated rings. The molecule has 3 aromatic carbocycles. The number of pyridine rings is 1. The van der Waals surface area contributed by atoms with Gasteiger partial charge in [-0.15, -0.1) is 0 Å². The van der Waals surface area contributed by atoms with Gasteiger partial charge in [-0.3, -0.25) is 0 Å². The molecule has 0 atom stereocenters. The van der Waals surface area contributed by atoms with Crippen LogP contribution in [-0.4, -0.2) is 24.5 Å². The standard InChI is InChI=1S/C25H21NOTe/c1-25(2,3)21-15-17(14-16-8-4-5-9-18(16)21)23-24-20(12-13-26-23)19-10-6-7-11-22(19)28(24)27/h4-15H,1-3H3. The molecule has 0 spiro atoms. The zero-order valence-corrected chi connectivity index (χ0v) is 18.5. The van der Waals surface area contributed by atoms with E-state index in [2.05, 4.69) is 63.2 Å². The Kier molecular flexibility index (Phi) is 4.02. The second-order valence-electron chi connectivity index (χ2n) is 8.30. The summed E-state index contributed by atoms with van der Waals surface area (Å²) in [7, 11) is 0. The van der Waals surface area contributed by atoms with Gasteiger partial charge in [-0.2, -0.15) is 0 Å². The summed E-state index contributed by atoms with van der Waals surface area (Å²) >= 11 is -2.84. The fraction of sp³-hybridized carbons (Fsp3) is 0.160. The van der Waals surface area contributed by atoms with Gasteiger partial charge in [-0.25, -0.2) is 0 Å². The molecule has 138 valence electrons. The average Bonchev–Trinajstić information content (AvgIpc) is 2.99. The van der Waals surface area contributed by atoms with Gasteiger partial charge in [-0.05, 0) is 0 Å². The molecule has 0 radical (unpaired) electrons. The van der Waals surface area contributed by atoms with E-state index in [0.29, 0.717) is 0 Å². The number of benzene rings is 3. The molecule has 1 aliphatic heterocycles. The van der Waals surface area contributed by atoms with Gasteiger partial charge in [0.15, 0.2) is 0 Å². The molecule has 5 rings (SSSR count). The van der Waals surface area contributed by atoms with E-state index in [1.807, 2.05) is 30.5 Å². The van der Waals surface area contributed by atoms with Crippen molar-refractivity contribution in [2.75, 3.05) is 0 Å². The van der Waals surface area contributed by atoms with E-state index in [0.717, 1.165) is 29.6 Å². The zero-order valence-electron chi connectivity index (χ0n) is 16.2. The summed E-state index contributed by atoms with van der Waals surface area (Å²) in [6, 6.07) is 23.1. The molecule has 0 amide bonds. The van der Waals surface area contributed by atoms with Crippen molar-refractivity contribution in [1.82, 2.24) is 4.98 Å². The molecule has 0 bridgehead atoms. The van der Waals surface area contributed by atoms with Crippen molar-refractivity contribution in [3.8, 4) is 22.4 Å². The molecule has 2 heterocycles. The molecule has 28 heavy (non-hydrogen) atoms. The van der Waals surface area contributed by atoms with Crippen LogP contribution in [0.15, 0.2) is 72.9 Å². The normalized spacial score (nSPS) is 13.5. The first kappa shape index (κ1) is 17.7. The average molecular weight is 479 g/mol. The number of aromatic nitrogens is 1. The molecule has 0 N–H and O–H groups in total. The van der Waals surface area contributed by atoms with Crippen LogP contribution in [0.1, 0.15) is 26.3 Å². The number of nitrogens with zero attached hydrogens (tertiary/aromatic N) is 1. The van der Waals surface area contributed by atoms with Crippen LogP contribution in [0.3, 0.4) is 0 Å². The van der Waals surface area contributed by atoms with E-state index in [-0.39, 0.29) is 5.41 Å². The van der Waals surface area contributed by atoms with Gasteiger partial charge >= 0.3 is 173 Å². The zero-order chi connectivity index (χ0) is 19.5. The van der Waals surface area contributed by atoms with E-state index in [1.165, 1.54) is 16.3 Å². The van der Waals surface area contributed by atoms with Gasteiger partial charge in [0.2, 0.25) is 0 Å². The predicted molar refractivity (Wildman–Crippen MR) is 117 cm³/mol. The van der Waals surface area contributed by atoms with Gasteiger partial charge in [-0.1, -0.05) is 0 Å². The Hall–Kier alpha value is -2.34. The molecule has 0 saturated carbocycles. The van der Waals surface area contributed by atoms with Crippen molar-refractivity contribution in [3.05, 3.63) is 78.5 Å². The molecule has 1 aliphatic rings. The maximum atomic E-state index is 13.4. The van der Waals surface area contributed by atoms with E-state index in [9.17, 15) is 3.10 Å². The van der Waals surface area contributed by atoms with Crippen molar-refractivity contribution >= 4 is 37.5 Å². The molecular formula is C25H21NOTe. The van der Waals surface area contributed by atoms with Crippen molar-refractivity contribution in [1.29, 1.82) is 0 Å². The molecule has 1 aromatic heterocycles. The number of fused-ring (bicyclic) bond motifs is 4. The summed E-state index contributed by atoms with van der Waals surface area (Å²) in [5.74, 6) is 0. The first-order chi connectivity index (χ1) is 13.4. The Morgan fingerprint density at radius 3 is 2.43 bits per heavy atom. The van der Waals surface area contributed by atoms with E-state index >= 15 is 0 Å². The second-order valence-corrected chi connectivity index (χ2v) is 12.3. The molecule has 0 saturated heterocycles. The fourth-order valence-electron chi connectivity index (χ4n) is 4.08. The third-order valence-corrected chi connectivity index (χ3v) is 9.80. The molecule has 2 nitrogen and oxygen atoms in total. The Morgan fingerprint density at radius 1 is 0.857 bits per heavy atom. The Labute approximate surface area is 172 Å². The Morgan fingerprint density at radius 2 is 1.61 bits per heavy atom. The monoisotopic (exact) mass is 481 g/mol. The van der Waals surface area contributed by atoms with Crippen LogP contribution < -0.4 is 7.22 Å². The van der Waals surface area contributed by atoms with Crippen molar-refractivity contribution in [2.45, 2.75) is 26.2 Å². The Balaban J connectivity index is 1.81. The van der Waals surface area contributed by atoms with Crippen LogP contribution in [-0.2, 0) is 8.52 Å². The third-order valence-electron chi connectivity index (χ3n) is 5.41. The fourth-order valence-corrected chi connectivity index (χ4v) is 8.43. The molecule has 0 aliphatic carbocycles. The minimum atomic E-state index is -2.84. The van der Waals surface area contributed by atoms with Gasteiger partial charge in [0.05, 0.1) is 0 Å². The number of hydrogen-bond donors (Lipinski definition) is 0.